The topological polar surface area (TPSA) is 107 Å². The van der Waals surface area contributed by atoms with Crippen molar-refractivity contribution in [1.82, 2.24) is 19.6 Å². The molecule has 0 spiro atoms. The molecule has 0 unspecified atom stereocenters. The summed E-state index contributed by atoms with van der Waals surface area (Å²) in [6.45, 7) is 1.93. The van der Waals surface area contributed by atoms with Gasteiger partial charge in [0.1, 0.15) is 6.04 Å². The van der Waals surface area contributed by atoms with Gasteiger partial charge in [-0.1, -0.05) is 30.3 Å². The summed E-state index contributed by atoms with van der Waals surface area (Å²) in [6.07, 6.45) is 7.41. The molecule has 1 aliphatic heterocycles. The molecule has 9 heteroatoms. The minimum Gasteiger partial charge on any atom is -0.356 e. The maximum absolute atomic E-state index is 13.2. The quantitative estimate of drug-likeness (QED) is 0.430. The summed E-state index contributed by atoms with van der Waals surface area (Å²) in [4.78, 5) is 22.2. The fourth-order valence-corrected chi connectivity index (χ4v) is 5.29. The van der Waals surface area contributed by atoms with Crippen LogP contribution in [0.1, 0.15) is 32.1 Å². The van der Waals surface area contributed by atoms with Crippen LogP contribution in [0.5, 0.6) is 0 Å². The molecule has 0 aliphatic carbocycles. The molecule has 4 rings (SSSR count). The van der Waals surface area contributed by atoms with Gasteiger partial charge in [-0.3, -0.25) is 4.79 Å². The third kappa shape index (κ3) is 5.46. The van der Waals surface area contributed by atoms with Crippen molar-refractivity contribution in [2.45, 2.75) is 43.0 Å². The van der Waals surface area contributed by atoms with E-state index in [1.165, 1.54) is 0 Å². The van der Waals surface area contributed by atoms with E-state index >= 15 is 0 Å². The number of nitrogens with zero attached hydrogens (tertiary/aromatic N) is 2. The van der Waals surface area contributed by atoms with Gasteiger partial charge in [0.05, 0.1) is 4.90 Å². The van der Waals surface area contributed by atoms with Gasteiger partial charge in [0.25, 0.3) is 0 Å². The lowest BCUT2D eigenvalue weighted by atomic mass is 10.1. The van der Waals surface area contributed by atoms with Gasteiger partial charge in [-0.25, -0.2) is 13.4 Å². The Morgan fingerprint density at radius 2 is 1.88 bits per heavy atom. The van der Waals surface area contributed by atoms with Crippen molar-refractivity contribution in [3.63, 3.8) is 0 Å². The zero-order valence-corrected chi connectivity index (χ0v) is 18.8. The second-order valence-corrected chi connectivity index (χ2v) is 9.79. The SMILES string of the molecule is O=C([C@H](CCCNc1ncc[nH]1)NS(=O)(=O)c1ccc2ccccc2c1)N1CCCCC1. The van der Waals surface area contributed by atoms with E-state index in [0.717, 1.165) is 30.0 Å². The third-order valence-electron chi connectivity index (χ3n) is 5.75. The largest absolute Gasteiger partial charge is 0.356 e. The molecule has 1 saturated heterocycles. The molecule has 170 valence electrons. The minimum absolute atomic E-state index is 0.146. The fourth-order valence-electron chi connectivity index (χ4n) is 4.03. The highest BCUT2D eigenvalue weighted by Crippen LogP contribution is 2.20. The van der Waals surface area contributed by atoms with Crippen molar-refractivity contribution < 1.29 is 13.2 Å². The third-order valence-corrected chi connectivity index (χ3v) is 7.22. The van der Waals surface area contributed by atoms with E-state index < -0.39 is 16.1 Å². The average Bonchev–Trinajstić information content (AvgIpc) is 3.34. The summed E-state index contributed by atoms with van der Waals surface area (Å²) < 4.78 is 29.1. The number of aromatic nitrogens is 2. The Labute approximate surface area is 188 Å². The van der Waals surface area contributed by atoms with Crippen LogP contribution in [0.4, 0.5) is 5.95 Å². The van der Waals surface area contributed by atoms with Crippen molar-refractivity contribution in [1.29, 1.82) is 0 Å². The van der Waals surface area contributed by atoms with Crippen LogP contribution < -0.4 is 10.0 Å². The molecule has 1 aromatic heterocycles. The van der Waals surface area contributed by atoms with Crippen molar-refractivity contribution in [2.75, 3.05) is 25.0 Å². The van der Waals surface area contributed by atoms with Crippen LogP contribution in [0.25, 0.3) is 10.8 Å². The Morgan fingerprint density at radius 3 is 2.62 bits per heavy atom. The van der Waals surface area contributed by atoms with Gasteiger partial charge in [-0.15, -0.1) is 0 Å². The van der Waals surface area contributed by atoms with E-state index in [2.05, 4.69) is 20.0 Å². The number of carbonyl (C=O) groups excluding carboxylic acids is 1. The number of sulfonamides is 1. The van der Waals surface area contributed by atoms with Gasteiger partial charge in [0, 0.05) is 32.0 Å². The zero-order chi connectivity index (χ0) is 22.4. The first kappa shape index (κ1) is 22.3. The molecule has 8 nitrogen and oxygen atoms in total. The molecule has 0 saturated carbocycles. The van der Waals surface area contributed by atoms with Crippen LogP contribution >= 0.6 is 0 Å². The number of aromatic amines is 1. The van der Waals surface area contributed by atoms with E-state index in [1.807, 2.05) is 24.3 Å². The van der Waals surface area contributed by atoms with Gasteiger partial charge in [0.2, 0.25) is 15.9 Å². The normalized spacial score (nSPS) is 15.6. The average molecular weight is 456 g/mol. The first-order valence-electron chi connectivity index (χ1n) is 11.1. The van der Waals surface area contributed by atoms with Crippen molar-refractivity contribution in [3.05, 3.63) is 54.9 Å². The number of rotatable bonds is 9. The number of H-pyrrole nitrogens is 1. The van der Waals surface area contributed by atoms with E-state index in [9.17, 15) is 13.2 Å². The second kappa shape index (κ2) is 10.1. The van der Waals surface area contributed by atoms with Crippen molar-refractivity contribution in [3.8, 4) is 0 Å². The molecule has 2 heterocycles. The standard InChI is InChI=1S/C23H29N5O3S/c29-22(28-15-4-1-5-16-28)21(9-6-12-24-23-25-13-14-26-23)27-32(30,31)20-11-10-18-7-2-3-8-19(18)17-20/h2-3,7-8,10-11,13-14,17,21,27H,1,4-6,9,12,15-16H2,(H2,24,25,26)/t21-/m0/s1. The number of benzene rings is 2. The number of likely N-dealkylation sites (tertiary alicyclic amines) is 1. The number of piperidine rings is 1. The minimum atomic E-state index is -3.85. The zero-order valence-electron chi connectivity index (χ0n) is 18.0. The number of fused-ring (bicyclic) bond motifs is 1. The fraction of sp³-hybridized carbons (Fsp3) is 0.391. The lowest BCUT2D eigenvalue weighted by Gasteiger charge is -2.30. The van der Waals surface area contributed by atoms with E-state index in [0.29, 0.717) is 38.4 Å². The molecule has 0 bridgehead atoms. The predicted octanol–water partition coefficient (Wildman–Crippen LogP) is 3.11. The highest BCUT2D eigenvalue weighted by Gasteiger charge is 2.29. The van der Waals surface area contributed by atoms with Crippen molar-refractivity contribution >= 4 is 32.7 Å². The lowest BCUT2D eigenvalue weighted by Crippen LogP contribution is -2.50. The van der Waals surface area contributed by atoms with Gasteiger partial charge in [-0.2, -0.15) is 4.72 Å². The van der Waals surface area contributed by atoms with Gasteiger partial charge < -0.3 is 15.2 Å². The number of carbonyl (C=O) groups is 1. The lowest BCUT2D eigenvalue weighted by molar-refractivity contribution is -0.134. The van der Waals surface area contributed by atoms with E-state index in [4.69, 9.17) is 0 Å². The number of hydrogen-bond acceptors (Lipinski definition) is 5. The Bertz CT molecular complexity index is 1140. The van der Waals surface area contributed by atoms with Gasteiger partial charge in [0.15, 0.2) is 5.95 Å². The molecule has 0 radical (unpaired) electrons. The van der Waals surface area contributed by atoms with Crippen LogP contribution in [0.2, 0.25) is 0 Å². The Balaban J connectivity index is 1.48. The highest BCUT2D eigenvalue weighted by atomic mass is 32.2. The highest BCUT2D eigenvalue weighted by molar-refractivity contribution is 7.89. The molecule has 32 heavy (non-hydrogen) atoms. The second-order valence-electron chi connectivity index (χ2n) is 8.08. The van der Waals surface area contributed by atoms with Crippen LogP contribution in [0, 0.1) is 0 Å². The van der Waals surface area contributed by atoms with Crippen LogP contribution in [-0.4, -0.2) is 54.9 Å². The maximum atomic E-state index is 13.2. The number of amides is 1. The molecular weight excluding hydrogens is 426 g/mol. The molecule has 3 aromatic rings. The first-order valence-corrected chi connectivity index (χ1v) is 12.5. The molecule has 1 atom stereocenters. The molecule has 1 amide bonds. The van der Waals surface area contributed by atoms with E-state index in [-0.39, 0.29) is 10.8 Å². The summed E-state index contributed by atoms with van der Waals surface area (Å²) in [7, 11) is -3.85. The summed E-state index contributed by atoms with van der Waals surface area (Å²) in [5, 5.41) is 4.96. The summed E-state index contributed by atoms with van der Waals surface area (Å²) in [5.74, 6) is 0.507. The first-order chi connectivity index (χ1) is 15.5. The number of anilines is 1. The monoisotopic (exact) mass is 455 g/mol. The van der Waals surface area contributed by atoms with Crippen molar-refractivity contribution in [2.24, 2.45) is 0 Å². The molecule has 1 fully saturated rings. The Kier molecular flexibility index (Phi) is 7.06. The molecule has 3 N–H and O–H groups in total. The predicted molar refractivity (Wildman–Crippen MR) is 125 cm³/mol. The summed E-state index contributed by atoms with van der Waals surface area (Å²) >= 11 is 0. The van der Waals surface area contributed by atoms with E-state index in [1.54, 1.807) is 35.5 Å². The molecular formula is C23H29N5O3S. The summed E-state index contributed by atoms with van der Waals surface area (Å²) in [6, 6.07) is 11.8. The van der Waals surface area contributed by atoms with Crippen LogP contribution in [0.3, 0.4) is 0 Å². The number of hydrogen-bond donors (Lipinski definition) is 3. The molecule has 1 aliphatic rings. The number of imidazole rings is 1. The number of nitrogens with one attached hydrogen (secondary N) is 3. The van der Waals surface area contributed by atoms with Crippen LogP contribution in [0.15, 0.2) is 59.8 Å². The molecule has 2 aromatic carbocycles. The Morgan fingerprint density at radius 1 is 1.09 bits per heavy atom. The summed E-state index contributed by atoms with van der Waals surface area (Å²) in [5.41, 5.74) is 0. The van der Waals surface area contributed by atoms with Gasteiger partial charge in [-0.05, 0) is 55.0 Å². The maximum Gasteiger partial charge on any atom is 0.241 e. The smallest absolute Gasteiger partial charge is 0.241 e. The van der Waals surface area contributed by atoms with Crippen LogP contribution in [-0.2, 0) is 14.8 Å². The Hall–Kier alpha value is -2.91. The van der Waals surface area contributed by atoms with Gasteiger partial charge >= 0.3 is 0 Å².